The maximum Gasteiger partial charge on any atom is 0.220 e. The lowest BCUT2D eigenvalue weighted by Gasteiger charge is -2.08. The molecule has 1 aromatic heterocycles. The van der Waals surface area contributed by atoms with Crippen molar-refractivity contribution >= 4 is 5.91 Å². The molecule has 1 fully saturated rings. The molecule has 1 amide bonds. The van der Waals surface area contributed by atoms with Crippen molar-refractivity contribution in [1.29, 1.82) is 0 Å². The lowest BCUT2D eigenvalue weighted by atomic mass is 10.2. The molecule has 1 aliphatic heterocycles. The highest BCUT2D eigenvalue weighted by Crippen LogP contribution is 2.08. The molecule has 0 spiro atoms. The van der Waals surface area contributed by atoms with Crippen LogP contribution in [0.25, 0.3) is 0 Å². The molecule has 0 bridgehead atoms. The fourth-order valence-electron chi connectivity index (χ4n) is 1.86. The maximum absolute atomic E-state index is 11.1. The molecule has 0 saturated carbocycles. The summed E-state index contributed by atoms with van der Waals surface area (Å²) in [5.74, 6) is 0.136. The summed E-state index contributed by atoms with van der Waals surface area (Å²) in [5.41, 5.74) is 0.933. The summed E-state index contributed by atoms with van der Waals surface area (Å²) in [7, 11) is 0. The van der Waals surface area contributed by atoms with Crippen molar-refractivity contribution in [2.75, 3.05) is 0 Å². The van der Waals surface area contributed by atoms with E-state index in [-0.39, 0.29) is 11.9 Å². The molecule has 17 heavy (non-hydrogen) atoms. The molecule has 6 heteroatoms. The quantitative estimate of drug-likeness (QED) is 0.759. The minimum atomic E-state index is 0.136. The fraction of sp³-hybridized carbons (Fsp3) is 0.727. The van der Waals surface area contributed by atoms with Gasteiger partial charge in [0, 0.05) is 31.2 Å². The van der Waals surface area contributed by atoms with E-state index in [1.807, 2.05) is 6.20 Å². The zero-order valence-corrected chi connectivity index (χ0v) is 10.3. The Bertz CT molecular complexity index is 387. The standard InChI is InChI=1S/C11H19N5O/c1-8(2)12-5-10-7-16(15-14-10)6-9-3-4-11(17)13-9/h7-9,12H,3-6H2,1-2H3,(H,13,17). The maximum atomic E-state index is 11.1. The van der Waals surface area contributed by atoms with Crippen molar-refractivity contribution < 1.29 is 4.79 Å². The van der Waals surface area contributed by atoms with Crippen LogP contribution in [0.3, 0.4) is 0 Å². The Hall–Kier alpha value is -1.43. The first kappa shape index (κ1) is 12.0. The van der Waals surface area contributed by atoms with E-state index >= 15 is 0 Å². The molecule has 2 heterocycles. The second-order valence-corrected chi connectivity index (χ2v) is 4.77. The van der Waals surface area contributed by atoms with Crippen LogP contribution in [0.15, 0.2) is 6.20 Å². The van der Waals surface area contributed by atoms with Crippen molar-refractivity contribution in [3.8, 4) is 0 Å². The van der Waals surface area contributed by atoms with Crippen LogP contribution in [0.2, 0.25) is 0 Å². The number of nitrogens with one attached hydrogen (secondary N) is 2. The predicted octanol–water partition coefficient (Wildman–Crippen LogP) is 0.0547. The van der Waals surface area contributed by atoms with Crippen molar-refractivity contribution in [3.05, 3.63) is 11.9 Å². The molecule has 2 N–H and O–H groups in total. The molecule has 6 nitrogen and oxygen atoms in total. The molecule has 0 aromatic carbocycles. The monoisotopic (exact) mass is 237 g/mol. The van der Waals surface area contributed by atoms with Crippen LogP contribution in [0.5, 0.6) is 0 Å². The van der Waals surface area contributed by atoms with Gasteiger partial charge in [0.05, 0.1) is 12.2 Å². The molecule has 1 unspecified atom stereocenters. The lowest BCUT2D eigenvalue weighted by Crippen LogP contribution is -2.29. The highest BCUT2D eigenvalue weighted by atomic mass is 16.1. The minimum absolute atomic E-state index is 0.136. The number of hydrogen-bond donors (Lipinski definition) is 2. The van der Waals surface area contributed by atoms with Gasteiger partial charge in [0.2, 0.25) is 5.91 Å². The Morgan fingerprint density at radius 1 is 1.65 bits per heavy atom. The zero-order chi connectivity index (χ0) is 12.3. The third-order valence-electron chi connectivity index (χ3n) is 2.77. The van der Waals surface area contributed by atoms with E-state index in [1.54, 1.807) is 4.68 Å². The van der Waals surface area contributed by atoms with Crippen molar-refractivity contribution in [3.63, 3.8) is 0 Å². The van der Waals surface area contributed by atoms with Crippen LogP contribution in [0, 0.1) is 0 Å². The number of rotatable bonds is 5. The number of amides is 1. The van der Waals surface area contributed by atoms with Crippen molar-refractivity contribution in [2.24, 2.45) is 0 Å². The number of carbonyl (C=O) groups excluding carboxylic acids is 1. The van der Waals surface area contributed by atoms with E-state index in [4.69, 9.17) is 0 Å². The fourth-order valence-corrected chi connectivity index (χ4v) is 1.86. The summed E-state index contributed by atoms with van der Waals surface area (Å²) in [4.78, 5) is 11.1. The summed E-state index contributed by atoms with van der Waals surface area (Å²) in [6.07, 6.45) is 3.44. The third-order valence-corrected chi connectivity index (χ3v) is 2.77. The summed E-state index contributed by atoms with van der Waals surface area (Å²) in [5, 5.41) is 14.4. The molecule has 0 radical (unpaired) electrons. The number of nitrogens with zero attached hydrogens (tertiary/aromatic N) is 3. The lowest BCUT2D eigenvalue weighted by molar-refractivity contribution is -0.119. The molecule has 0 aliphatic carbocycles. The van der Waals surface area contributed by atoms with E-state index in [2.05, 4.69) is 34.8 Å². The number of carbonyl (C=O) groups is 1. The summed E-state index contributed by atoms with van der Waals surface area (Å²) in [6.45, 7) is 5.63. The van der Waals surface area contributed by atoms with E-state index in [9.17, 15) is 4.79 Å². The van der Waals surface area contributed by atoms with Gasteiger partial charge in [-0.2, -0.15) is 0 Å². The minimum Gasteiger partial charge on any atom is -0.351 e. The molecule has 2 rings (SSSR count). The highest BCUT2D eigenvalue weighted by molar-refractivity contribution is 5.78. The summed E-state index contributed by atoms with van der Waals surface area (Å²) >= 11 is 0. The van der Waals surface area contributed by atoms with Crippen LogP contribution >= 0.6 is 0 Å². The van der Waals surface area contributed by atoms with Gasteiger partial charge in [-0.05, 0) is 6.42 Å². The molecule has 1 aromatic rings. The summed E-state index contributed by atoms with van der Waals surface area (Å²) in [6, 6.07) is 0.643. The third kappa shape index (κ3) is 3.52. The van der Waals surface area contributed by atoms with Crippen LogP contribution in [0.4, 0.5) is 0 Å². The Morgan fingerprint density at radius 3 is 3.12 bits per heavy atom. The van der Waals surface area contributed by atoms with Crippen LogP contribution < -0.4 is 10.6 Å². The number of aromatic nitrogens is 3. The van der Waals surface area contributed by atoms with Crippen molar-refractivity contribution in [1.82, 2.24) is 25.6 Å². The zero-order valence-electron chi connectivity index (χ0n) is 10.3. The van der Waals surface area contributed by atoms with Gasteiger partial charge in [-0.1, -0.05) is 19.1 Å². The largest absolute Gasteiger partial charge is 0.351 e. The highest BCUT2D eigenvalue weighted by Gasteiger charge is 2.21. The molecular weight excluding hydrogens is 218 g/mol. The van der Waals surface area contributed by atoms with Gasteiger partial charge in [-0.25, -0.2) is 0 Å². The average Bonchev–Trinajstić information content (AvgIpc) is 2.86. The second kappa shape index (κ2) is 5.27. The topological polar surface area (TPSA) is 71.8 Å². The second-order valence-electron chi connectivity index (χ2n) is 4.77. The van der Waals surface area contributed by atoms with E-state index in [1.165, 1.54) is 0 Å². The SMILES string of the molecule is CC(C)NCc1cn(CC2CCC(=O)N2)nn1. The van der Waals surface area contributed by atoms with Gasteiger partial charge in [-0.15, -0.1) is 5.10 Å². The first-order valence-corrected chi connectivity index (χ1v) is 6.05. The van der Waals surface area contributed by atoms with Gasteiger partial charge in [0.25, 0.3) is 0 Å². The van der Waals surface area contributed by atoms with Crippen LogP contribution in [-0.4, -0.2) is 33.0 Å². The van der Waals surface area contributed by atoms with E-state index in [0.29, 0.717) is 19.0 Å². The Kier molecular flexibility index (Phi) is 3.73. The normalized spacial score (nSPS) is 19.9. The summed E-state index contributed by atoms with van der Waals surface area (Å²) < 4.78 is 1.80. The van der Waals surface area contributed by atoms with Gasteiger partial charge < -0.3 is 10.6 Å². The first-order chi connectivity index (χ1) is 8.13. The molecule has 94 valence electrons. The molecular formula is C11H19N5O. The molecule has 1 aliphatic rings. The van der Waals surface area contributed by atoms with Crippen LogP contribution in [-0.2, 0) is 17.9 Å². The number of hydrogen-bond acceptors (Lipinski definition) is 4. The van der Waals surface area contributed by atoms with Gasteiger partial charge >= 0.3 is 0 Å². The Balaban J connectivity index is 1.83. The Morgan fingerprint density at radius 2 is 2.47 bits per heavy atom. The van der Waals surface area contributed by atoms with Gasteiger partial charge in [0.1, 0.15) is 0 Å². The Labute approximate surface area is 101 Å². The molecule has 1 atom stereocenters. The predicted molar refractivity (Wildman–Crippen MR) is 63.2 cm³/mol. The van der Waals surface area contributed by atoms with Crippen molar-refractivity contribution in [2.45, 2.75) is 51.9 Å². The van der Waals surface area contributed by atoms with E-state index in [0.717, 1.165) is 18.7 Å². The van der Waals surface area contributed by atoms with Gasteiger partial charge in [0.15, 0.2) is 0 Å². The average molecular weight is 237 g/mol. The van der Waals surface area contributed by atoms with E-state index < -0.39 is 0 Å². The van der Waals surface area contributed by atoms with Gasteiger partial charge in [-0.3, -0.25) is 9.48 Å². The van der Waals surface area contributed by atoms with Crippen LogP contribution in [0.1, 0.15) is 32.4 Å². The first-order valence-electron chi connectivity index (χ1n) is 6.05. The molecule has 1 saturated heterocycles. The smallest absolute Gasteiger partial charge is 0.220 e.